The molecule has 0 bridgehead atoms. The number of carbonyl (C=O) groups is 1. The summed E-state index contributed by atoms with van der Waals surface area (Å²) >= 11 is 1.66. The number of pyridine rings is 1. The normalized spacial score (nSPS) is 17.8. The van der Waals surface area contributed by atoms with Crippen LogP contribution in [0.25, 0.3) is 10.9 Å². The van der Waals surface area contributed by atoms with Crippen molar-refractivity contribution in [1.29, 1.82) is 0 Å². The van der Waals surface area contributed by atoms with E-state index in [1.54, 1.807) is 11.8 Å². The molecular formula is C19H25N3O2S. The minimum atomic E-state index is -0.0321. The number of aromatic amines is 1. The van der Waals surface area contributed by atoms with E-state index in [2.05, 4.69) is 22.0 Å². The Morgan fingerprint density at radius 2 is 2.12 bits per heavy atom. The van der Waals surface area contributed by atoms with Gasteiger partial charge in [-0.3, -0.25) is 9.59 Å². The maximum absolute atomic E-state index is 12.4. The van der Waals surface area contributed by atoms with Crippen LogP contribution in [0.4, 0.5) is 0 Å². The minimum Gasteiger partial charge on any atom is -0.343 e. The summed E-state index contributed by atoms with van der Waals surface area (Å²) in [4.78, 5) is 32.4. The van der Waals surface area contributed by atoms with Crippen LogP contribution in [0, 0.1) is 5.92 Å². The maximum Gasteiger partial charge on any atom is 0.252 e. The Labute approximate surface area is 152 Å². The van der Waals surface area contributed by atoms with Gasteiger partial charge in [0.2, 0.25) is 5.91 Å². The quantitative estimate of drug-likeness (QED) is 0.806. The van der Waals surface area contributed by atoms with Crippen LogP contribution in [0.15, 0.2) is 34.0 Å². The third kappa shape index (κ3) is 4.07. The van der Waals surface area contributed by atoms with Crippen molar-refractivity contribution in [1.82, 2.24) is 14.8 Å². The van der Waals surface area contributed by atoms with Crippen LogP contribution < -0.4 is 5.56 Å². The van der Waals surface area contributed by atoms with Gasteiger partial charge in [-0.05, 0) is 49.7 Å². The summed E-state index contributed by atoms with van der Waals surface area (Å²) in [5.41, 5.74) is 1.61. The van der Waals surface area contributed by atoms with Gasteiger partial charge < -0.3 is 14.8 Å². The summed E-state index contributed by atoms with van der Waals surface area (Å²) in [6, 6.07) is 8.11. The third-order valence-corrected chi connectivity index (χ3v) is 5.54. The number of H-pyrrole nitrogens is 1. The zero-order valence-corrected chi connectivity index (χ0v) is 15.9. The van der Waals surface area contributed by atoms with Crippen molar-refractivity contribution >= 4 is 28.6 Å². The zero-order chi connectivity index (χ0) is 18.0. The second kappa shape index (κ2) is 7.62. The molecule has 2 aromatic rings. The summed E-state index contributed by atoms with van der Waals surface area (Å²) in [6.07, 6.45) is 2.64. The molecule has 1 atom stereocenters. The predicted molar refractivity (Wildman–Crippen MR) is 103 cm³/mol. The van der Waals surface area contributed by atoms with Crippen molar-refractivity contribution in [3.05, 3.63) is 40.2 Å². The van der Waals surface area contributed by atoms with Crippen molar-refractivity contribution in [2.45, 2.75) is 24.8 Å². The number of rotatable bonds is 6. The van der Waals surface area contributed by atoms with Gasteiger partial charge in [0.1, 0.15) is 0 Å². The van der Waals surface area contributed by atoms with Gasteiger partial charge in [0.25, 0.3) is 5.56 Å². The van der Waals surface area contributed by atoms with Gasteiger partial charge in [-0.25, -0.2) is 0 Å². The minimum absolute atomic E-state index is 0.0321. The van der Waals surface area contributed by atoms with E-state index in [1.165, 1.54) is 0 Å². The molecule has 1 amide bonds. The number of thioether (sulfide) groups is 1. The Hall–Kier alpha value is -1.79. The number of aromatic nitrogens is 1. The fourth-order valence-corrected chi connectivity index (χ4v) is 3.99. The fraction of sp³-hybridized carbons (Fsp3) is 0.474. The van der Waals surface area contributed by atoms with E-state index in [9.17, 15) is 9.59 Å². The smallest absolute Gasteiger partial charge is 0.252 e. The third-order valence-electron chi connectivity index (χ3n) is 4.82. The van der Waals surface area contributed by atoms with Crippen LogP contribution in [0.3, 0.4) is 0 Å². The van der Waals surface area contributed by atoms with Crippen LogP contribution in [0.2, 0.25) is 0 Å². The van der Waals surface area contributed by atoms with E-state index in [0.29, 0.717) is 18.9 Å². The summed E-state index contributed by atoms with van der Waals surface area (Å²) < 4.78 is 0. The highest BCUT2D eigenvalue weighted by molar-refractivity contribution is 7.98. The Morgan fingerprint density at radius 1 is 1.32 bits per heavy atom. The highest BCUT2D eigenvalue weighted by Gasteiger charge is 2.29. The number of hydrogen-bond donors (Lipinski definition) is 1. The standard InChI is InChI=1S/C19H25N3O2S/c1-4-22-11-13(7-18(22)23)10-21(2)12-15-8-14-5-6-16(25-3)9-17(14)20-19(15)24/h5-6,8-9,13H,4,7,10-12H2,1-3H3,(H,20,24)/t13-/m1/s1. The van der Waals surface area contributed by atoms with Gasteiger partial charge in [0, 0.05) is 48.6 Å². The van der Waals surface area contributed by atoms with Crippen LogP contribution in [0.1, 0.15) is 18.9 Å². The number of nitrogens with zero attached hydrogens (tertiary/aromatic N) is 2. The molecule has 1 aromatic heterocycles. The van der Waals surface area contributed by atoms with Crippen molar-refractivity contribution in [2.75, 3.05) is 32.9 Å². The molecule has 1 aromatic carbocycles. The van der Waals surface area contributed by atoms with Crippen LogP contribution in [-0.4, -0.2) is 53.6 Å². The van der Waals surface area contributed by atoms with Crippen LogP contribution in [-0.2, 0) is 11.3 Å². The lowest BCUT2D eigenvalue weighted by atomic mass is 10.1. The second-order valence-electron chi connectivity index (χ2n) is 6.78. The lowest BCUT2D eigenvalue weighted by molar-refractivity contribution is -0.127. The Kier molecular flexibility index (Phi) is 5.49. The van der Waals surface area contributed by atoms with Crippen molar-refractivity contribution in [3.8, 4) is 0 Å². The van der Waals surface area contributed by atoms with E-state index >= 15 is 0 Å². The predicted octanol–water partition coefficient (Wildman–Crippen LogP) is 2.55. The van der Waals surface area contributed by atoms with Crippen molar-refractivity contribution in [2.24, 2.45) is 5.92 Å². The molecule has 1 N–H and O–H groups in total. The van der Waals surface area contributed by atoms with Crippen LogP contribution in [0.5, 0.6) is 0 Å². The molecule has 2 heterocycles. The van der Waals surface area contributed by atoms with E-state index < -0.39 is 0 Å². The van der Waals surface area contributed by atoms with Gasteiger partial charge in [-0.15, -0.1) is 11.8 Å². The van der Waals surface area contributed by atoms with Gasteiger partial charge in [-0.1, -0.05) is 6.07 Å². The first-order valence-corrected chi connectivity index (χ1v) is 9.89. The summed E-state index contributed by atoms with van der Waals surface area (Å²) in [5, 5.41) is 1.05. The number of likely N-dealkylation sites (tertiary alicyclic amines) is 1. The summed E-state index contributed by atoms with van der Waals surface area (Å²) in [6.45, 7) is 5.03. The first-order valence-electron chi connectivity index (χ1n) is 8.66. The molecule has 0 saturated carbocycles. The van der Waals surface area contributed by atoms with Crippen LogP contribution >= 0.6 is 11.8 Å². The lowest BCUT2D eigenvalue weighted by Crippen LogP contribution is -2.30. The molecule has 1 aliphatic rings. The number of hydrogen-bond acceptors (Lipinski definition) is 4. The van der Waals surface area contributed by atoms with Gasteiger partial charge in [-0.2, -0.15) is 0 Å². The topological polar surface area (TPSA) is 56.4 Å². The molecule has 3 rings (SSSR count). The van der Waals surface area contributed by atoms with Gasteiger partial charge in [0.05, 0.1) is 0 Å². The van der Waals surface area contributed by atoms with Gasteiger partial charge >= 0.3 is 0 Å². The first-order chi connectivity index (χ1) is 12.0. The summed E-state index contributed by atoms with van der Waals surface area (Å²) in [7, 11) is 2.01. The number of nitrogens with one attached hydrogen (secondary N) is 1. The van der Waals surface area contributed by atoms with Crippen molar-refractivity contribution in [3.63, 3.8) is 0 Å². The average molecular weight is 359 g/mol. The molecule has 6 heteroatoms. The molecule has 0 aliphatic carbocycles. The Morgan fingerprint density at radius 3 is 2.80 bits per heavy atom. The van der Waals surface area contributed by atoms with E-state index in [-0.39, 0.29) is 11.5 Å². The highest BCUT2D eigenvalue weighted by atomic mass is 32.2. The molecular weight excluding hydrogens is 334 g/mol. The highest BCUT2D eigenvalue weighted by Crippen LogP contribution is 2.21. The molecule has 0 spiro atoms. The number of amides is 1. The van der Waals surface area contributed by atoms with E-state index in [1.807, 2.05) is 37.3 Å². The molecule has 0 unspecified atom stereocenters. The monoisotopic (exact) mass is 359 g/mol. The molecule has 134 valence electrons. The molecule has 1 saturated heterocycles. The number of carbonyl (C=O) groups excluding carboxylic acids is 1. The van der Waals surface area contributed by atoms with Crippen molar-refractivity contribution < 1.29 is 4.79 Å². The number of benzene rings is 1. The van der Waals surface area contributed by atoms with E-state index in [0.717, 1.165) is 41.0 Å². The second-order valence-corrected chi connectivity index (χ2v) is 7.66. The lowest BCUT2D eigenvalue weighted by Gasteiger charge is -2.21. The van der Waals surface area contributed by atoms with Gasteiger partial charge in [0.15, 0.2) is 0 Å². The maximum atomic E-state index is 12.4. The zero-order valence-electron chi connectivity index (χ0n) is 15.0. The Balaban J connectivity index is 1.71. The SMILES string of the molecule is CCN1C[C@@H](CN(C)Cc2cc3ccc(SC)cc3[nH]c2=O)CC1=O. The molecule has 25 heavy (non-hydrogen) atoms. The largest absolute Gasteiger partial charge is 0.343 e. The fourth-order valence-electron chi connectivity index (χ4n) is 3.55. The Bertz CT molecular complexity index is 833. The number of fused-ring (bicyclic) bond motifs is 1. The summed E-state index contributed by atoms with van der Waals surface area (Å²) in [5.74, 6) is 0.593. The molecule has 5 nitrogen and oxygen atoms in total. The average Bonchev–Trinajstić information content (AvgIpc) is 2.94. The molecule has 1 aliphatic heterocycles. The van der Waals surface area contributed by atoms with E-state index in [4.69, 9.17) is 0 Å². The first kappa shape index (κ1) is 18.0. The molecule has 1 fully saturated rings. The molecule has 0 radical (unpaired) electrons.